The molecule has 0 bridgehead atoms. The lowest BCUT2D eigenvalue weighted by Crippen LogP contribution is -2.32. The number of sulfonamides is 1. The van der Waals surface area contributed by atoms with Crippen molar-refractivity contribution < 1.29 is 13.2 Å². The molecule has 0 atom stereocenters. The first-order valence-corrected chi connectivity index (χ1v) is 6.70. The fourth-order valence-electron chi connectivity index (χ4n) is 1.28. The summed E-state index contributed by atoms with van der Waals surface area (Å²) in [5.74, 6) is -0.533. The number of rotatable bonds is 5. The lowest BCUT2D eigenvalue weighted by Gasteiger charge is -2.04. The number of hydrogen-bond acceptors (Lipinski definition) is 4. The van der Waals surface area contributed by atoms with Crippen molar-refractivity contribution in [3.8, 4) is 0 Å². The van der Waals surface area contributed by atoms with Gasteiger partial charge in [-0.15, -0.1) is 0 Å². The van der Waals surface area contributed by atoms with E-state index in [0.717, 1.165) is 5.56 Å². The first-order chi connectivity index (χ1) is 7.87. The molecule has 0 fully saturated rings. The molecule has 0 unspecified atom stereocenters. The molecule has 0 aromatic heterocycles. The van der Waals surface area contributed by atoms with Gasteiger partial charge in [0.05, 0.1) is 12.2 Å². The number of nitrogens with one attached hydrogen (secondary N) is 1. The minimum absolute atomic E-state index is 0.0139. The molecule has 1 rings (SSSR count). The van der Waals surface area contributed by atoms with Gasteiger partial charge in [-0.2, -0.15) is 0 Å². The highest BCUT2D eigenvalue weighted by molar-refractivity contribution is 7.89. The number of anilines is 1. The van der Waals surface area contributed by atoms with Crippen LogP contribution >= 0.6 is 0 Å². The molecule has 6 nitrogen and oxygen atoms in total. The highest BCUT2D eigenvalue weighted by Crippen LogP contribution is 2.06. The Bertz CT molecular complexity index is 499. The second kappa shape index (κ2) is 5.65. The molecule has 1 aromatic rings. The number of hydrogen-bond donors (Lipinski definition) is 3. The summed E-state index contributed by atoms with van der Waals surface area (Å²) in [6.45, 7) is 0.0139. The second-order valence-corrected chi connectivity index (χ2v) is 5.37. The van der Waals surface area contributed by atoms with Crippen molar-refractivity contribution in [2.75, 3.05) is 18.0 Å². The van der Waals surface area contributed by atoms with Crippen LogP contribution in [-0.4, -0.2) is 26.6 Å². The Balaban J connectivity index is 2.40. The number of carbonyl (C=O) groups is 1. The van der Waals surface area contributed by atoms with Crippen LogP contribution in [0, 0.1) is 0 Å². The van der Waals surface area contributed by atoms with Crippen molar-refractivity contribution in [1.82, 2.24) is 5.32 Å². The largest absolute Gasteiger partial charge is 0.399 e. The van der Waals surface area contributed by atoms with Crippen LogP contribution in [0.1, 0.15) is 5.56 Å². The second-order valence-electron chi connectivity index (χ2n) is 3.64. The summed E-state index contributed by atoms with van der Waals surface area (Å²) in [6, 6.07) is 6.94. The van der Waals surface area contributed by atoms with Gasteiger partial charge in [0, 0.05) is 12.2 Å². The molecule has 17 heavy (non-hydrogen) atoms. The third-order valence-corrected chi connectivity index (χ3v) is 2.80. The number of primary sulfonamides is 1. The van der Waals surface area contributed by atoms with Crippen LogP contribution in [0.3, 0.4) is 0 Å². The molecule has 0 aliphatic rings. The maximum Gasteiger partial charge on any atom is 0.224 e. The summed E-state index contributed by atoms with van der Waals surface area (Å²) in [7, 11) is -3.53. The molecule has 1 aromatic carbocycles. The van der Waals surface area contributed by atoms with Gasteiger partial charge in [0.15, 0.2) is 0 Å². The van der Waals surface area contributed by atoms with Crippen LogP contribution < -0.4 is 16.2 Å². The molecule has 0 aliphatic heterocycles. The molecule has 1 amide bonds. The van der Waals surface area contributed by atoms with E-state index in [1.807, 2.05) is 0 Å². The molecule has 0 aliphatic carbocycles. The summed E-state index contributed by atoms with van der Waals surface area (Å²) in [5, 5.41) is 7.27. The smallest absolute Gasteiger partial charge is 0.224 e. The molecular formula is C10H15N3O3S. The zero-order valence-corrected chi connectivity index (χ0v) is 10.0. The highest BCUT2D eigenvalue weighted by Gasteiger charge is 2.06. The summed E-state index contributed by atoms with van der Waals surface area (Å²) in [4.78, 5) is 11.4. The summed E-state index contributed by atoms with van der Waals surface area (Å²) < 4.78 is 21.3. The number of nitrogen functional groups attached to an aromatic ring is 1. The van der Waals surface area contributed by atoms with E-state index in [9.17, 15) is 13.2 Å². The van der Waals surface area contributed by atoms with Crippen molar-refractivity contribution in [2.45, 2.75) is 6.42 Å². The third kappa shape index (κ3) is 5.88. The van der Waals surface area contributed by atoms with Crippen LogP contribution in [0.5, 0.6) is 0 Å². The predicted octanol–water partition coefficient (Wildman–Crippen LogP) is -0.784. The zero-order valence-electron chi connectivity index (χ0n) is 9.22. The van der Waals surface area contributed by atoms with Gasteiger partial charge in [0.2, 0.25) is 15.9 Å². The molecule has 94 valence electrons. The fourth-order valence-corrected chi connectivity index (χ4v) is 1.67. The summed E-state index contributed by atoms with van der Waals surface area (Å²) >= 11 is 0. The van der Waals surface area contributed by atoms with Crippen molar-refractivity contribution >= 4 is 21.6 Å². The Hall–Kier alpha value is -1.60. The molecule has 0 heterocycles. The van der Waals surface area contributed by atoms with Crippen LogP contribution in [0.4, 0.5) is 5.69 Å². The maximum absolute atomic E-state index is 11.4. The SMILES string of the molecule is Nc1cccc(CC(=O)NCCS(N)(=O)=O)c1. The fraction of sp³-hybridized carbons (Fsp3) is 0.300. The van der Waals surface area contributed by atoms with E-state index in [1.165, 1.54) is 0 Å². The first kappa shape index (κ1) is 13.5. The van der Waals surface area contributed by atoms with Crippen molar-refractivity contribution in [1.29, 1.82) is 0 Å². The Labute approximate surface area is 100 Å². The average Bonchev–Trinajstić information content (AvgIpc) is 2.15. The van der Waals surface area contributed by atoms with E-state index in [2.05, 4.69) is 5.32 Å². The van der Waals surface area contributed by atoms with Gasteiger partial charge in [-0.25, -0.2) is 13.6 Å². The number of amides is 1. The predicted molar refractivity (Wildman–Crippen MR) is 65.5 cm³/mol. The van der Waals surface area contributed by atoms with Crippen LogP contribution in [0.25, 0.3) is 0 Å². The Kier molecular flexibility index (Phi) is 4.47. The standard InChI is InChI=1S/C10H15N3O3S/c11-9-3-1-2-8(6-9)7-10(14)13-4-5-17(12,15)16/h1-3,6H,4-5,7,11H2,(H,13,14)(H2,12,15,16). The highest BCUT2D eigenvalue weighted by atomic mass is 32.2. The van der Waals surface area contributed by atoms with Crippen molar-refractivity contribution in [3.63, 3.8) is 0 Å². The van der Waals surface area contributed by atoms with Gasteiger partial charge in [0.1, 0.15) is 0 Å². The van der Waals surface area contributed by atoms with Gasteiger partial charge in [0.25, 0.3) is 0 Å². The summed E-state index contributed by atoms with van der Waals surface area (Å²) in [6.07, 6.45) is 0.162. The quantitative estimate of drug-likeness (QED) is 0.600. The molecule has 0 saturated heterocycles. The minimum Gasteiger partial charge on any atom is -0.399 e. The number of nitrogens with two attached hydrogens (primary N) is 2. The van der Waals surface area contributed by atoms with Crippen molar-refractivity contribution in [3.05, 3.63) is 29.8 Å². The van der Waals surface area contributed by atoms with E-state index in [0.29, 0.717) is 5.69 Å². The zero-order chi connectivity index (χ0) is 12.9. The maximum atomic E-state index is 11.4. The average molecular weight is 257 g/mol. The van der Waals surface area contributed by atoms with Gasteiger partial charge in [-0.1, -0.05) is 12.1 Å². The number of benzene rings is 1. The molecule has 0 saturated carbocycles. The molecule has 7 heteroatoms. The van der Waals surface area contributed by atoms with E-state index < -0.39 is 10.0 Å². The lowest BCUT2D eigenvalue weighted by atomic mass is 10.1. The van der Waals surface area contributed by atoms with E-state index >= 15 is 0 Å². The number of carbonyl (C=O) groups excluding carboxylic acids is 1. The van der Waals surface area contributed by atoms with Crippen LogP contribution in [0.2, 0.25) is 0 Å². The Morgan fingerprint density at radius 1 is 1.35 bits per heavy atom. The van der Waals surface area contributed by atoms with Gasteiger partial charge in [-0.3, -0.25) is 4.79 Å². The Morgan fingerprint density at radius 3 is 2.65 bits per heavy atom. The Morgan fingerprint density at radius 2 is 2.06 bits per heavy atom. The first-order valence-electron chi connectivity index (χ1n) is 4.98. The van der Waals surface area contributed by atoms with E-state index in [1.54, 1.807) is 24.3 Å². The lowest BCUT2D eigenvalue weighted by molar-refractivity contribution is -0.120. The monoisotopic (exact) mass is 257 g/mol. The molecule has 0 spiro atoms. The summed E-state index contributed by atoms with van der Waals surface area (Å²) in [5.41, 5.74) is 6.92. The molecular weight excluding hydrogens is 242 g/mol. The van der Waals surface area contributed by atoms with E-state index in [-0.39, 0.29) is 24.6 Å². The molecule has 5 N–H and O–H groups in total. The normalized spacial score (nSPS) is 11.1. The van der Waals surface area contributed by atoms with Crippen LogP contribution in [0.15, 0.2) is 24.3 Å². The van der Waals surface area contributed by atoms with Gasteiger partial charge < -0.3 is 11.1 Å². The van der Waals surface area contributed by atoms with Gasteiger partial charge >= 0.3 is 0 Å². The van der Waals surface area contributed by atoms with Crippen LogP contribution in [-0.2, 0) is 21.2 Å². The van der Waals surface area contributed by atoms with Crippen molar-refractivity contribution in [2.24, 2.45) is 5.14 Å². The minimum atomic E-state index is -3.53. The topological polar surface area (TPSA) is 115 Å². The third-order valence-electron chi connectivity index (χ3n) is 2.02. The van der Waals surface area contributed by atoms with E-state index in [4.69, 9.17) is 10.9 Å². The van der Waals surface area contributed by atoms with Gasteiger partial charge in [-0.05, 0) is 17.7 Å². The molecule has 0 radical (unpaired) electrons.